The van der Waals surface area contributed by atoms with Crippen molar-refractivity contribution in [2.45, 2.75) is 39.8 Å². The van der Waals surface area contributed by atoms with E-state index in [0.29, 0.717) is 13.1 Å². The molecule has 0 aliphatic heterocycles. The first-order valence-corrected chi connectivity index (χ1v) is 6.40. The van der Waals surface area contributed by atoms with E-state index in [2.05, 4.69) is 29.4 Å². The van der Waals surface area contributed by atoms with Crippen LogP contribution in [0.25, 0.3) is 0 Å². The average Bonchev–Trinajstić information content (AvgIpc) is 2.24. The number of hydrogen-bond acceptors (Lipinski definition) is 4. The average molecular weight is 245 g/mol. The zero-order valence-electron chi connectivity index (χ0n) is 11.5. The van der Waals surface area contributed by atoms with Gasteiger partial charge in [0.15, 0.2) is 0 Å². The molecule has 0 aromatic carbocycles. The molecule has 0 aromatic heterocycles. The highest BCUT2D eigenvalue weighted by Crippen LogP contribution is 1.90. The molecule has 0 aliphatic carbocycles. The number of hydrogen-bond donors (Lipinski definition) is 3. The minimum Gasteiger partial charge on any atom is -0.390 e. The monoisotopic (exact) mass is 245 g/mol. The Bertz CT molecular complexity index is 206. The van der Waals surface area contributed by atoms with E-state index in [1.54, 1.807) is 0 Å². The molecule has 0 heterocycles. The normalized spacial score (nSPS) is 13.1. The Hall–Kier alpha value is -0.650. The van der Waals surface area contributed by atoms with Crippen LogP contribution in [-0.4, -0.2) is 60.8 Å². The number of amides is 1. The number of aliphatic hydroxyl groups is 1. The van der Waals surface area contributed by atoms with Crippen LogP contribution in [0.5, 0.6) is 0 Å². The quantitative estimate of drug-likeness (QED) is 0.526. The van der Waals surface area contributed by atoms with Gasteiger partial charge < -0.3 is 20.6 Å². The van der Waals surface area contributed by atoms with Crippen LogP contribution in [0.1, 0.15) is 27.7 Å². The van der Waals surface area contributed by atoms with Crippen LogP contribution in [0.4, 0.5) is 0 Å². The summed E-state index contributed by atoms with van der Waals surface area (Å²) in [6.07, 6.45) is -0.429. The van der Waals surface area contributed by atoms with E-state index in [9.17, 15) is 9.90 Å². The highest BCUT2D eigenvalue weighted by Gasteiger charge is 2.09. The van der Waals surface area contributed by atoms with Gasteiger partial charge in [0, 0.05) is 19.1 Å². The van der Waals surface area contributed by atoms with Crippen molar-refractivity contribution in [3.8, 4) is 0 Å². The minimum atomic E-state index is -0.429. The van der Waals surface area contributed by atoms with Crippen molar-refractivity contribution in [3.05, 3.63) is 0 Å². The van der Waals surface area contributed by atoms with Crippen LogP contribution in [0, 0.1) is 0 Å². The highest BCUT2D eigenvalue weighted by atomic mass is 16.3. The van der Waals surface area contributed by atoms with Crippen LogP contribution in [-0.2, 0) is 4.79 Å². The molecule has 102 valence electrons. The molecule has 0 spiro atoms. The Morgan fingerprint density at radius 2 is 1.88 bits per heavy atom. The Labute approximate surface area is 105 Å². The summed E-state index contributed by atoms with van der Waals surface area (Å²) in [7, 11) is 0. The first-order valence-electron chi connectivity index (χ1n) is 6.40. The van der Waals surface area contributed by atoms with Crippen molar-refractivity contribution >= 4 is 5.91 Å². The lowest BCUT2D eigenvalue weighted by molar-refractivity contribution is -0.120. The van der Waals surface area contributed by atoms with Gasteiger partial charge in [-0.1, -0.05) is 13.8 Å². The standard InChI is InChI=1S/C12H27N3O2/c1-5-15(6-2)9-11(16)7-13-8-12(17)14-10(3)4/h10-11,13,16H,5-9H2,1-4H3,(H,14,17). The molecule has 0 fully saturated rings. The third-order valence-corrected chi connectivity index (χ3v) is 2.48. The molecule has 1 atom stereocenters. The fourth-order valence-corrected chi connectivity index (χ4v) is 1.57. The maximum Gasteiger partial charge on any atom is 0.234 e. The Kier molecular flexibility index (Phi) is 9.03. The highest BCUT2D eigenvalue weighted by molar-refractivity contribution is 5.78. The fraction of sp³-hybridized carbons (Fsp3) is 0.917. The van der Waals surface area contributed by atoms with Crippen LogP contribution >= 0.6 is 0 Å². The predicted octanol–water partition coefficient (Wildman–Crippen LogP) is -0.197. The second-order valence-electron chi connectivity index (χ2n) is 4.49. The first-order chi connectivity index (χ1) is 7.99. The predicted molar refractivity (Wildman–Crippen MR) is 69.9 cm³/mol. The van der Waals surface area contributed by atoms with Gasteiger partial charge in [0.2, 0.25) is 5.91 Å². The molecule has 5 heteroatoms. The third-order valence-electron chi connectivity index (χ3n) is 2.48. The maximum absolute atomic E-state index is 11.3. The fourth-order valence-electron chi connectivity index (χ4n) is 1.57. The summed E-state index contributed by atoms with van der Waals surface area (Å²) in [5, 5.41) is 15.5. The van der Waals surface area contributed by atoms with E-state index in [4.69, 9.17) is 0 Å². The molecule has 3 N–H and O–H groups in total. The van der Waals surface area contributed by atoms with Crippen molar-refractivity contribution in [1.29, 1.82) is 0 Å². The molecular weight excluding hydrogens is 218 g/mol. The Morgan fingerprint density at radius 1 is 1.29 bits per heavy atom. The van der Waals surface area contributed by atoms with Crippen molar-refractivity contribution in [2.24, 2.45) is 0 Å². The molecule has 0 saturated heterocycles. The topological polar surface area (TPSA) is 64.6 Å². The summed E-state index contributed by atoms with van der Waals surface area (Å²) in [4.78, 5) is 13.5. The van der Waals surface area contributed by atoms with Crippen molar-refractivity contribution in [3.63, 3.8) is 0 Å². The number of nitrogens with zero attached hydrogens (tertiary/aromatic N) is 1. The van der Waals surface area contributed by atoms with Crippen LogP contribution < -0.4 is 10.6 Å². The van der Waals surface area contributed by atoms with Gasteiger partial charge in [0.1, 0.15) is 0 Å². The summed E-state index contributed by atoms with van der Waals surface area (Å²) in [6.45, 7) is 11.2. The smallest absolute Gasteiger partial charge is 0.234 e. The van der Waals surface area contributed by atoms with Crippen LogP contribution in [0.3, 0.4) is 0 Å². The van der Waals surface area contributed by atoms with Gasteiger partial charge in [-0.3, -0.25) is 4.79 Å². The van der Waals surface area contributed by atoms with Gasteiger partial charge in [-0.05, 0) is 26.9 Å². The van der Waals surface area contributed by atoms with Crippen molar-refractivity contribution in [1.82, 2.24) is 15.5 Å². The zero-order valence-corrected chi connectivity index (χ0v) is 11.5. The van der Waals surface area contributed by atoms with Gasteiger partial charge >= 0.3 is 0 Å². The summed E-state index contributed by atoms with van der Waals surface area (Å²) in [5.74, 6) is -0.0324. The second kappa shape index (κ2) is 9.39. The van der Waals surface area contributed by atoms with E-state index in [0.717, 1.165) is 13.1 Å². The van der Waals surface area contributed by atoms with Gasteiger partial charge in [0.25, 0.3) is 0 Å². The molecule has 1 amide bonds. The van der Waals surface area contributed by atoms with Gasteiger partial charge in [0.05, 0.1) is 12.6 Å². The van der Waals surface area contributed by atoms with E-state index >= 15 is 0 Å². The van der Waals surface area contributed by atoms with E-state index in [-0.39, 0.29) is 18.5 Å². The number of rotatable bonds is 9. The molecule has 0 rings (SSSR count). The minimum absolute atomic E-state index is 0.0324. The zero-order chi connectivity index (χ0) is 13.3. The molecule has 5 nitrogen and oxygen atoms in total. The van der Waals surface area contributed by atoms with E-state index in [1.807, 2.05) is 13.8 Å². The Morgan fingerprint density at radius 3 is 2.35 bits per heavy atom. The lowest BCUT2D eigenvalue weighted by atomic mass is 10.3. The third kappa shape index (κ3) is 9.09. The molecule has 0 bridgehead atoms. The Balaban J connectivity index is 3.63. The molecule has 0 saturated carbocycles. The number of carbonyl (C=O) groups is 1. The summed E-state index contributed by atoms with van der Waals surface area (Å²) in [5.41, 5.74) is 0. The number of aliphatic hydroxyl groups excluding tert-OH is 1. The second-order valence-corrected chi connectivity index (χ2v) is 4.49. The number of likely N-dealkylation sites (N-methyl/N-ethyl adjacent to an activating group) is 1. The summed E-state index contributed by atoms with van der Waals surface area (Å²) >= 11 is 0. The molecule has 0 radical (unpaired) electrons. The number of carbonyl (C=O) groups excluding carboxylic acids is 1. The van der Waals surface area contributed by atoms with E-state index < -0.39 is 6.10 Å². The van der Waals surface area contributed by atoms with Crippen molar-refractivity contribution in [2.75, 3.05) is 32.7 Å². The molecular formula is C12H27N3O2. The summed E-state index contributed by atoms with van der Waals surface area (Å²) < 4.78 is 0. The maximum atomic E-state index is 11.3. The van der Waals surface area contributed by atoms with E-state index in [1.165, 1.54) is 0 Å². The lowest BCUT2D eigenvalue weighted by Crippen LogP contribution is -2.42. The molecule has 0 aromatic rings. The largest absolute Gasteiger partial charge is 0.390 e. The molecule has 1 unspecified atom stereocenters. The number of nitrogens with one attached hydrogen (secondary N) is 2. The van der Waals surface area contributed by atoms with Crippen LogP contribution in [0.2, 0.25) is 0 Å². The van der Waals surface area contributed by atoms with Gasteiger partial charge in [-0.15, -0.1) is 0 Å². The van der Waals surface area contributed by atoms with Crippen molar-refractivity contribution < 1.29 is 9.90 Å². The van der Waals surface area contributed by atoms with Gasteiger partial charge in [-0.25, -0.2) is 0 Å². The first kappa shape index (κ1) is 16.4. The molecule has 17 heavy (non-hydrogen) atoms. The SMILES string of the molecule is CCN(CC)CC(O)CNCC(=O)NC(C)C. The lowest BCUT2D eigenvalue weighted by Gasteiger charge is -2.22. The van der Waals surface area contributed by atoms with Gasteiger partial charge in [-0.2, -0.15) is 0 Å². The van der Waals surface area contributed by atoms with Crippen LogP contribution in [0.15, 0.2) is 0 Å². The molecule has 0 aliphatic rings. The summed E-state index contributed by atoms with van der Waals surface area (Å²) in [6, 6.07) is 0.157.